The van der Waals surface area contributed by atoms with E-state index in [9.17, 15) is 13.6 Å². The van der Waals surface area contributed by atoms with Crippen molar-refractivity contribution < 1.29 is 13.6 Å². The summed E-state index contributed by atoms with van der Waals surface area (Å²) in [6.07, 6.45) is 5.63. The van der Waals surface area contributed by atoms with Gasteiger partial charge in [-0.3, -0.25) is 4.79 Å². The van der Waals surface area contributed by atoms with Gasteiger partial charge < -0.3 is 10.6 Å². The van der Waals surface area contributed by atoms with Crippen molar-refractivity contribution >= 4 is 17.5 Å². The van der Waals surface area contributed by atoms with Gasteiger partial charge in [0.05, 0.1) is 0 Å². The van der Waals surface area contributed by atoms with Crippen molar-refractivity contribution in [1.29, 1.82) is 0 Å². The van der Waals surface area contributed by atoms with E-state index in [0.29, 0.717) is 11.6 Å². The number of halogens is 2. The Bertz CT molecular complexity index is 755. The first-order valence-corrected chi connectivity index (χ1v) is 8.40. The maximum atomic E-state index is 13.7. The molecule has 0 aliphatic heterocycles. The number of carbonyl (C=O) groups is 1. The molecule has 1 amide bonds. The molecule has 5 nitrogen and oxygen atoms in total. The Labute approximate surface area is 144 Å². The molecule has 1 aliphatic carbocycles. The molecular formula is C18H20F2N4O. The third-order valence-corrected chi connectivity index (χ3v) is 4.23. The topological polar surface area (TPSA) is 66.9 Å². The minimum absolute atomic E-state index is 0.0634. The van der Waals surface area contributed by atoms with Crippen LogP contribution in [0.3, 0.4) is 0 Å². The van der Waals surface area contributed by atoms with Gasteiger partial charge in [-0.25, -0.2) is 18.7 Å². The lowest BCUT2D eigenvalue weighted by Gasteiger charge is -2.23. The fourth-order valence-corrected chi connectivity index (χ4v) is 2.97. The van der Waals surface area contributed by atoms with Gasteiger partial charge in [0.15, 0.2) is 0 Å². The van der Waals surface area contributed by atoms with Crippen molar-refractivity contribution in [3.63, 3.8) is 0 Å². The lowest BCUT2D eigenvalue weighted by molar-refractivity contribution is 0.102. The lowest BCUT2D eigenvalue weighted by atomic mass is 9.96. The molecule has 0 unspecified atom stereocenters. The van der Waals surface area contributed by atoms with Gasteiger partial charge in [0, 0.05) is 11.7 Å². The summed E-state index contributed by atoms with van der Waals surface area (Å²) in [7, 11) is 0. The molecule has 25 heavy (non-hydrogen) atoms. The molecule has 3 rings (SSSR count). The number of hydrogen-bond donors (Lipinski definition) is 2. The van der Waals surface area contributed by atoms with Gasteiger partial charge in [-0.2, -0.15) is 0 Å². The monoisotopic (exact) mass is 346 g/mol. The third kappa shape index (κ3) is 4.29. The van der Waals surface area contributed by atoms with E-state index in [-0.39, 0.29) is 11.7 Å². The van der Waals surface area contributed by atoms with Crippen LogP contribution in [0.15, 0.2) is 24.3 Å². The van der Waals surface area contributed by atoms with Crippen LogP contribution in [0.2, 0.25) is 0 Å². The quantitative estimate of drug-likeness (QED) is 0.876. The normalized spacial score (nSPS) is 15.0. The summed E-state index contributed by atoms with van der Waals surface area (Å²) in [4.78, 5) is 20.9. The largest absolute Gasteiger partial charge is 0.351 e. The maximum absolute atomic E-state index is 13.7. The van der Waals surface area contributed by atoms with Gasteiger partial charge >= 0.3 is 0 Å². The van der Waals surface area contributed by atoms with Gasteiger partial charge in [0.2, 0.25) is 5.95 Å². The number of amides is 1. The van der Waals surface area contributed by atoms with Crippen molar-refractivity contribution in [1.82, 2.24) is 9.97 Å². The zero-order chi connectivity index (χ0) is 17.8. The average molecular weight is 346 g/mol. The molecule has 1 saturated carbocycles. The highest BCUT2D eigenvalue weighted by Crippen LogP contribution is 2.21. The molecule has 1 aromatic heterocycles. The number of carbonyl (C=O) groups excluding carboxylic acids is 1. The Morgan fingerprint density at radius 2 is 1.80 bits per heavy atom. The molecule has 0 radical (unpaired) electrons. The standard InChI is InChI=1S/C18H20F2N4O/c1-11-10-15(17(25)24-16-13(19)8-5-9-14(16)20)23-18(21-11)22-12-6-3-2-4-7-12/h5,8-10,12H,2-4,6-7H2,1H3,(H,24,25)(H,21,22,23). The Balaban J connectivity index is 1.78. The number of benzene rings is 1. The highest BCUT2D eigenvalue weighted by Gasteiger charge is 2.18. The molecule has 2 aromatic rings. The number of rotatable bonds is 4. The molecule has 132 valence electrons. The fourth-order valence-electron chi connectivity index (χ4n) is 2.97. The third-order valence-electron chi connectivity index (χ3n) is 4.23. The van der Waals surface area contributed by atoms with Crippen LogP contribution in [-0.2, 0) is 0 Å². The van der Waals surface area contributed by atoms with Crippen molar-refractivity contribution in [2.24, 2.45) is 0 Å². The van der Waals surface area contributed by atoms with Gasteiger partial charge in [-0.05, 0) is 38.0 Å². The number of nitrogens with zero attached hydrogens (tertiary/aromatic N) is 2. The van der Waals surface area contributed by atoms with Crippen LogP contribution in [0.4, 0.5) is 20.4 Å². The number of aryl methyl sites for hydroxylation is 1. The summed E-state index contributed by atoms with van der Waals surface area (Å²) in [6.45, 7) is 1.74. The van der Waals surface area contributed by atoms with Crippen LogP contribution in [0.25, 0.3) is 0 Å². The van der Waals surface area contributed by atoms with Crippen LogP contribution in [0, 0.1) is 18.6 Å². The van der Waals surface area contributed by atoms with Crippen molar-refractivity contribution in [3.8, 4) is 0 Å². The van der Waals surface area contributed by atoms with E-state index >= 15 is 0 Å². The van der Waals surface area contributed by atoms with E-state index in [1.165, 1.54) is 18.6 Å². The molecule has 7 heteroatoms. The number of hydrogen-bond acceptors (Lipinski definition) is 4. The predicted molar refractivity (Wildman–Crippen MR) is 91.6 cm³/mol. The maximum Gasteiger partial charge on any atom is 0.274 e. The summed E-state index contributed by atoms with van der Waals surface area (Å²) < 4.78 is 27.4. The number of para-hydroxylation sites is 1. The SMILES string of the molecule is Cc1cc(C(=O)Nc2c(F)cccc2F)nc(NC2CCCCC2)n1. The smallest absolute Gasteiger partial charge is 0.274 e. The van der Waals surface area contributed by atoms with Gasteiger partial charge in [-0.15, -0.1) is 0 Å². The first-order valence-electron chi connectivity index (χ1n) is 8.40. The first kappa shape index (κ1) is 17.3. The van der Waals surface area contributed by atoms with Gasteiger partial charge in [0.1, 0.15) is 23.0 Å². The van der Waals surface area contributed by atoms with E-state index in [2.05, 4.69) is 20.6 Å². The molecule has 0 bridgehead atoms. The van der Waals surface area contributed by atoms with Crippen LogP contribution in [-0.4, -0.2) is 21.9 Å². The summed E-state index contributed by atoms with van der Waals surface area (Å²) >= 11 is 0. The predicted octanol–water partition coefficient (Wildman–Crippen LogP) is 4.06. The van der Waals surface area contributed by atoms with Gasteiger partial charge in [0.25, 0.3) is 5.91 Å². The summed E-state index contributed by atoms with van der Waals surface area (Å²) in [5.41, 5.74) is 0.187. The Morgan fingerprint density at radius 3 is 2.48 bits per heavy atom. The molecule has 2 N–H and O–H groups in total. The lowest BCUT2D eigenvalue weighted by Crippen LogP contribution is -2.25. The Morgan fingerprint density at radius 1 is 1.12 bits per heavy atom. The number of nitrogens with one attached hydrogen (secondary N) is 2. The number of anilines is 2. The van der Waals surface area contributed by atoms with E-state index in [4.69, 9.17) is 0 Å². The second kappa shape index (κ2) is 7.55. The van der Waals surface area contributed by atoms with E-state index in [1.807, 2.05) is 0 Å². The Hall–Kier alpha value is -2.57. The van der Waals surface area contributed by atoms with E-state index in [1.54, 1.807) is 6.92 Å². The van der Waals surface area contributed by atoms with Crippen molar-refractivity contribution in [3.05, 3.63) is 47.3 Å². The molecule has 0 saturated heterocycles. The second-order valence-corrected chi connectivity index (χ2v) is 6.25. The molecule has 0 spiro atoms. The zero-order valence-corrected chi connectivity index (χ0v) is 14.0. The molecule has 1 aliphatic rings. The van der Waals surface area contributed by atoms with E-state index < -0.39 is 23.2 Å². The van der Waals surface area contributed by atoms with Crippen LogP contribution in [0.1, 0.15) is 48.3 Å². The minimum Gasteiger partial charge on any atom is -0.351 e. The van der Waals surface area contributed by atoms with Crippen molar-refractivity contribution in [2.45, 2.75) is 45.1 Å². The second-order valence-electron chi connectivity index (χ2n) is 6.25. The summed E-state index contributed by atoms with van der Waals surface area (Å²) in [5.74, 6) is -1.98. The Kier molecular flexibility index (Phi) is 5.21. The molecule has 0 atom stereocenters. The highest BCUT2D eigenvalue weighted by molar-refractivity contribution is 6.03. The summed E-state index contributed by atoms with van der Waals surface area (Å²) in [5, 5.41) is 5.50. The highest BCUT2D eigenvalue weighted by atomic mass is 19.1. The van der Waals surface area contributed by atoms with E-state index in [0.717, 1.165) is 37.8 Å². The van der Waals surface area contributed by atoms with Crippen molar-refractivity contribution in [2.75, 3.05) is 10.6 Å². The van der Waals surface area contributed by atoms with Crippen LogP contribution < -0.4 is 10.6 Å². The van der Waals surface area contributed by atoms with Crippen LogP contribution >= 0.6 is 0 Å². The first-order chi connectivity index (χ1) is 12.0. The molecular weight excluding hydrogens is 326 g/mol. The summed E-state index contributed by atoms with van der Waals surface area (Å²) in [6, 6.07) is 5.18. The van der Waals surface area contributed by atoms with Gasteiger partial charge in [-0.1, -0.05) is 25.3 Å². The molecule has 1 heterocycles. The average Bonchev–Trinajstić information content (AvgIpc) is 2.58. The molecule has 1 fully saturated rings. The minimum atomic E-state index is -0.834. The number of aromatic nitrogens is 2. The molecule has 1 aromatic carbocycles. The zero-order valence-electron chi connectivity index (χ0n) is 14.0. The fraction of sp³-hybridized carbons (Fsp3) is 0.389. The van der Waals surface area contributed by atoms with Crippen LogP contribution in [0.5, 0.6) is 0 Å².